The molecule has 0 aliphatic carbocycles. The van der Waals surface area contributed by atoms with Gasteiger partial charge in [0.2, 0.25) is 0 Å². The molecule has 0 amide bonds. The molecule has 0 aliphatic rings. The summed E-state index contributed by atoms with van der Waals surface area (Å²) in [6.07, 6.45) is 3.65. The quantitative estimate of drug-likeness (QED) is 0.863. The Kier molecular flexibility index (Phi) is 5.07. The highest BCUT2D eigenvalue weighted by Crippen LogP contribution is 2.21. The van der Waals surface area contributed by atoms with E-state index in [1.165, 1.54) is 11.1 Å². The van der Waals surface area contributed by atoms with E-state index in [0.29, 0.717) is 6.61 Å². The van der Waals surface area contributed by atoms with E-state index >= 15 is 0 Å². The van der Waals surface area contributed by atoms with Crippen molar-refractivity contribution in [3.8, 4) is 0 Å². The Morgan fingerprint density at radius 1 is 1.05 bits per heavy atom. The van der Waals surface area contributed by atoms with Gasteiger partial charge in [-0.1, -0.05) is 30.3 Å². The lowest BCUT2D eigenvalue weighted by Crippen LogP contribution is -2.34. The Labute approximate surface area is 114 Å². The van der Waals surface area contributed by atoms with E-state index in [-0.39, 0.29) is 12.1 Å². The Morgan fingerprint density at radius 2 is 1.68 bits per heavy atom. The van der Waals surface area contributed by atoms with Crippen LogP contribution in [-0.2, 0) is 4.74 Å². The van der Waals surface area contributed by atoms with Gasteiger partial charge in [0.15, 0.2) is 0 Å². The Bertz CT molecular complexity index is 433. The van der Waals surface area contributed by atoms with Gasteiger partial charge in [-0.2, -0.15) is 0 Å². The molecule has 2 atom stereocenters. The molecule has 1 aromatic heterocycles. The predicted molar refractivity (Wildman–Crippen MR) is 77.0 cm³/mol. The summed E-state index contributed by atoms with van der Waals surface area (Å²) in [5.41, 5.74) is 2.46. The summed E-state index contributed by atoms with van der Waals surface area (Å²) >= 11 is 0. The Morgan fingerprint density at radius 3 is 2.32 bits per heavy atom. The fraction of sp³-hybridized carbons (Fsp3) is 0.312. The molecular weight excluding hydrogens is 236 g/mol. The molecule has 3 heteroatoms. The molecule has 1 heterocycles. The first-order chi connectivity index (χ1) is 9.31. The molecule has 0 bridgehead atoms. The van der Waals surface area contributed by atoms with Crippen molar-refractivity contribution in [3.05, 3.63) is 66.0 Å². The van der Waals surface area contributed by atoms with E-state index in [2.05, 4.69) is 41.5 Å². The zero-order valence-corrected chi connectivity index (χ0v) is 11.4. The number of hydrogen-bond donors (Lipinski definition) is 1. The van der Waals surface area contributed by atoms with Crippen LogP contribution >= 0.6 is 0 Å². The molecule has 2 rings (SSSR count). The summed E-state index contributed by atoms with van der Waals surface area (Å²) in [7, 11) is 1.72. The number of benzene rings is 1. The van der Waals surface area contributed by atoms with Crippen LogP contribution in [0.25, 0.3) is 0 Å². The van der Waals surface area contributed by atoms with Crippen LogP contribution in [0.5, 0.6) is 0 Å². The molecular formula is C16H20N2O. The first kappa shape index (κ1) is 13.7. The van der Waals surface area contributed by atoms with Crippen LogP contribution in [0.3, 0.4) is 0 Å². The van der Waals surface area contributed by atoms with Gasteiger partial charge in [-0.05, 0) is 30.2 Å². The molecule has 0 aliphatic heterocycles. The topological polar surface area (TPSA) is 34.1 Å². The number of methoxy groups -OCH3 is 1. The highest BCUT2D eigenvalue weighted by atomic mass is 16.5. The molecule has 2 aromatic rings. The molecule has 0 saturated carbocycles. The van der Waals surface area contributed by atoms with Crippen LogP contribution < -0.4 is 5.32 Å². The van der Waals surface area contributed by atoms with Gasteiger partial charge in [-0.15, -0.1) is 0 Å². The van der Waals surface area contributed by atoms with E-state index in [0.717, 1.165) is 0 Å². The van der Waals surface area contributed by atoms with E-state index < -0.39 is 0 Å². The monoisotopic (exact) mass is 256 g/mol. The van der Waals surface area contributed by atoms with Gasteiger partial charge >= 0.3 is 0 Å². The van der Waals surface area contributed by atoms with Gasteiger partial charge in [-0.25, -0.2) is 0 Å². The molecule has 1 aromatic carbocycles. The molecule has 19 heavy (non-hydrogen) atoms. The smallest absolute Gasteiger partial charge is 0.0613 e. The van der Waals surface area contributed by atoms with Crippen molar-refractivity contribution in [1.29, 1.82) is 0 Å². The van der Waals surface area contributed by atoms with Crippen LogP contribution in [-0.4, -0.2) is 24.7 Å². The lowest BCUT2D eigenvalue weighted by molar-refractivity contribution is 0.169. The SMILES string of the molecule is COCC(C)NC(c1ccccc1)c1ccncc1. The van der Waals surface area contributed by atoms with Crippen LogP contribution in [0.2, 0.25) is 0 Å². The van der Waals surface area contributed by atoms with Gasteiger partial charge in [-0.3, -0.25) is 4.98 Å². The molecule has 0 saturated heterocycles. The maximum Gasteiger partial charge on any atom is 0.0613 e. The van der Waals surface area contributed by atoms with E-state index in [4.69, 9.17) is 4.74 Å². The highest BCUT2D eigenvalue weighted by Gasteiger charge is 2.15. The van der Waals surface area contributed by atoms with Crippen LogP contribution in [0.15, 0.2) is 54.9 Å². The summed E-state index contributed by atoms with van der Waals surface area (Å²) in [6.45, 7) is 2.81. The van der Waals surface area contributed by atoms with Crippen molar-refractivity contribution in [1.82, 2.24) is 10.3 Å². The lowest BCUT2D eigenvalue weighted by atomic mass is 9.99. The first-order valence-electron chi connectivity index (χ1n) is 6.51. The zero-order valence-electron chi connectivity index (χ0n) is 11.4. The largest absolute Gasteiger partial charge is 0.383 e. The number of nitrogens with one attached hydrogen (secondary N) is 1. The van der Waals surface area contributed by atoms with E-state index in [9.17, 15) is 0 Å². The summed E-state index contributed by atoms with van der Waals surface area (Å²) in [4.78, 5) is 4.08. The van der Waals surface area contributed by atoms with Crippen molar-refractivity contribution in [2.75, 3.05) is 13.7 Å². The summed E-state index contributed by atoms with van der Waals surface area (Å²) < 4.78 is 5.20. The second kappa shape index (κ2) is 7.02. The second-order valence-electron chi connectivity index (χ2n) is 4.65. The van der Waals surface area contributed by atoms with Crippen molar-refractivity contribution in [3.63, 3.8) is 0 Å². The van der Waals surface area contributed by atoms with Crippen molar-refractivity contribution in [2.24, 2.45) is 0 Å². The summed E-state index contributed by atoms with van der Waals surface area (Å²) in [5, 5.41) is 3.60. The number of ether oxygens (including phenoxy) is 1. The Balaban J connectivity index is 2.24. The molecule has 2 unspecified atom stereocenters. The minimum atomic E-state index is 0.161. The maximum absolute atomic E-state index is 5.20. The Hall–Kier alpha value is -1.71. The fourth-order valence-electron chi connectivity index (χ4n) is 2.17. The molecule has 0 fully saturated rings. The second-order valence-corrected chi connectivity index (χ2v) is 4.65. The predicted octanol–water partition coefficient (Wildman–Crippen LogP) is 2.80. The fourth-order valence-corrected chi connectivity index (χ4v) is 2.17. The number of rotatable bonds is 6. The third-order valence-corrected chi connectivity index (χ3v) is 3.04. The van der Waals surface area contributed by atoms with Gasteiger partial charge < -0.3 is 10.1 Å². The van der Waals surface area contributed by atoms with Crippen LogP contribution in [0, 0.1) is 0 Å². The van der Waals surface area contributed by atoms with Gasteiger partial charge in [0.1, 0.15) is 0 Å². The molecule has 0 spiro atoms. The number of nitrogens with zero attached hydrogens (tertiary/aromatic N) is 1. The standard InChI is InChI=1S/C16H20N2O/c1-13(12-19-2)18-16(14-6-4-3-5-7-14)15-8-10-17-11-9-15/h3-11,13,16,18H,12H2,1-2H3. The third-order valence-electron chi connectivity index (χ3n) is 3.04. The zero-order chi connectivity index (χ0) is 13.5. The lowest BCUT2D eigenvalue weighted by Gasteiger charge is -2.24. The highest BCUT2D eigenvalue weighted by molar-refractivity contribution is 5.30. The number of pyridine rings is 1. The minimum absolute atomic E-state index is 0.161. The average molecular weight is 256 g/mol. The van der Waals surface area contributed by atoms with Crippen LogP contribution in [0.1, 0.15) is 24.1 Å². The molecule has 100 valence electrons. The maximum atomic E-state index is 5.20. The summed E-state index contributed by atoms with van der Waals surface area (Å²) in [6, 6.07) is 15.0. The van der Waals surface area contributed by atoms with Crippen LogP contribution in [0.4, 0.5) is 0 Å². The normalized spacial score (nSPS) is 14.0. The first-order valence-corrected chi connectivity index (χ1v) is 6.51. The number of aromatic nitrogens is 1. The van der Waals surface area contributed by atoms with E-state index in [1.807, 2.05) is 30.6 Å². The van der Waals surface area contributed by atoms with Gasteiger partial charge in [0, 0.05) is 25.5 Å². The summed E-state index contributed by atoms with van der Waals surface area (Å²) in [5.74, 6) is 0. The molecule has 3 nitrogen and oxygen atoms in total. The van der Waals surface area contributed by atoms with Crippen molar-refractivity contribution >= 4 is 0 Å². The van der Waals surface area contributed by atoms with Gasteiger partial charge in [0.25, 0.3) is 0 Å². The number of hydrogen-bond acceptors (Lipinski definition) is 3. The van der Waals surface area contributed by atoms with Gasteiger partial charge in [0.05, 0.1) is 12.6 Å². The van der Waals surface area contributed by atoms with Crippen molar-refractivity contribution < 1.29 is 4.74 Å². The molecule has 1 N–H and O–H groups in total. The third kappa shape index (κ3) is 3.88. The average Bonchev–Trinajstić information content (AvgIpc) is 2.47. The van der Waals surface area contributed by atoms with Crippen molar-refractivity contribution in [2.45, 2.75) is 19.0 Å². The van der Waals surface area contributed by atoms with E-state index in [1.54, 1.807) is 7.11 Å². The minimum Gasteiger partial charge on any atom is -0.383 e. The molecule has 0 radical (unpaired) electrons.